The van der Waals surface area contributed by atoms with Gasteiger partial charge < -0.3 is 4.57 Å². The SMILES string of the molecule is Cc1ccc(N2C(=O)NC(=O)C(=Cc3cn(Cc4cccc5ccccc45)c4ccccc34)C2=O)cc1Cl. The molecule has 1 saturated heterocycles. The van der Waals surface area contributed by atoms with Crippen LogP contribution in [0.5, 0.6) is 0 Å². The van der Waals surface area contributed by atoms with Crippen molar-refractivity contribution in [1.29, 1.82) is 0 Å². The van der Waals surface area contributed by atoms with Gasteiger partial charge in [-0.2, -0.15) is 0 Å². The van der Waals surface area contributed by atoms with Gasteiger partial charge in [-0.3, -0.25) is 14.9 Å². The Balaban J connectivity index is 1.43. The third-order valence-corrected chi connectivity index (χ3v) is 7.26. The van der Waals surface area contributed by atoms with Gasteiger partial charge in [-0.25, -0.2) is 9.69 Å². The van der Waals surface area contributed by atoms with Crippen molar-refractivity contribution in [2.24, 2.45) is 0 Å². The first-order valence-electron chi connectivity index (χ1n) is 12.1. The average Bonchev–Trinajstić information content (AvgIpc) is 3.26. The Labute approximate surface area is 223 Å². The van der Waals surface area contributed by atoms with E-state index in [4.69, 9.17) is 11.6 Å². The summed E-state index contributed by atoms with van der Waals surface area (Å²) in [6, 6.07) is 26.4. The summed E-state index contributed by atoms with van der Waals surface area (Å²) < 4.78 is 2.11. The maximum absolute atomic E-state index is 13.5. The summed E-state index contributed by atoms with van der Waals surface area (Å²) in [5.74, 6) is -1.44. The standard InChI is InChI=1S/C31H22ClN3O3/c1-19-13-14-23(16-27(19)32)35-30(37)26(29(36)33-31(35)38)15-22-18-34(28-12-5-4-11-25(22)28)17-21-9-6-8-20-7-2-3-10-24(20)21/h2-16,18H,17H2,1H3,(H,33,36,38). The van der Waals surface area contributed by atoms with Gasteiger partial charge in [-0.05, 0) is 53.1 Å². The predicted octanol–water partition coefficient (Wildman–Crippen LogP) is 6.47. The number of carbonyl (C=O) groups excluding carboxylic acids is 3. The third-order valence-electron chi connectivity index (χ3n) is 6.86. The number of para-hydroxylation sites is 1. The minimum atomic E-state index is -0.810. The number of imide groups is 2. The first kappa shape index (κ1) is 23.7. The van der Waals surface area contributed by atoms with Crippen LogP contribution in [0.4, 0.5) is 10.5 Å². The van der Waals surface area contributed by atoms with Crippen LogP contribution in [0.15, 0.2) is 96.7 Å². The summed E-state index contributed by atoms with van der Waals surface area (Å²) in [6.45, 7) is 2.44. The molecule has 4 aromatic carbocycles. The Morgan fingerprint density at radius 3 is 2.42 bits per heavy atom. The number of nitrogens with one attached hydrogen (secondary N) is 1. The predicted molar refractivity (Wildman–Crippen MR) is 150 cm³/mol. The molecule has 0 saturated carbocycles. The topological polar surface area (TPSA) is 71.4 Å². The zero-order chi connectivity index (χ0) is 26.4. The van der Waals surface area contributed by atoms with Crippen LogP contribution in [0.1, 0.15) is 16.7 Å². The van der Waals surface area contributed by atoms with Gasteiger partial charge in [0.15, 0.2) is 0 Å². The highest BCUT2D eigenvalue weighted by Gasteiger charge is 2.37. The molecule has 0 bridgehead atoms. The quantitative estimate of drug-likeness (QED) is 0.218. The number of amides is 4. The number of nitrogens with zero attached hydrogens (tertiary/aromatic N) is 2. The lowest BCUT2D eigenvalue weighted by atomic mass is 10.0. The molecular weight excluding hydrogens is 498 g/mol. The number of urea groups is 1. The van der Waals surface area contributed by atoms with E-state index in [1.54, 1.807) is 18.2 Å². The Morgan fingerprint density at radius 2 is 1.61 bits per heavy atom. The van der Waals surface area contributed by atoms with E-state index >= 15 is 0 Å². The smallest absolute Gasteiger partial charge is 0.335 e. The van der Waals surface area contributed by atoms with Gasteiger partial charge in [0.05, 0.1) is 5.69 Å². The van der Waals surface area contributed by atoms with E-state index in [-0.39, 0.29) is 5.57 Å². The van der Waals surface area contributed by atoms with Gasteiger partial charge in [0, 0.05) is 34.2 Å². The molecule has 4 amide bonds. The maximum atomic E-state index is 13.5. The molecule has 0 spiro atoms. The second-order valence-electron chi connectivity index (χ2n) is 9.26. The van der Waals surface area contributed by atoms with Gasteiger partial charge in [0.2, 0.25) is 0 Å². The van der Waals surface area contributed by atoms with Gasteiger partial charge >= 0.3 is 6.03 Å². The van der Waals surface area contributed by atoms with Crippen LogP contribution in [0.25, 0.3) is 27.8 Å². The number of hydrogen-bond acceptors (Lipinski definition) is 3. The first-order valence-corrected chi connectivity index (χ1v) is 12.5. The lowest BCUT2D eigenvalue weighted by Gasteiger charge is -2.26. The minimum absolute atomic E-state index is 0.130. The second kappa shape index (κ2) is 9.32. The molecule has 0 unspecified atom stereocenters. The van der Waals surface area contributed by atoms with Crippen LogP contribution in [-0.4, -0.2) is 22.4 Å². The van der Waals surface area contributed by atoms with E-state index in [9.17, 15) is 14.4 Å². The van der Waals surface area contributed by atoms with Gasteiger partial charge in [0.1, 0.15) is 5.57 Å². The van der Waals surface area contributed by atoms with Crippen LogP contribution in [0.3, 0.4) is 0 Å². The molecule has 7 heteroatoms. The summed E-state index contributed by atoms with van der Waals surface area (Å²) in [7, 11) is 0. The third kappa shape index (κ3) is 4.05. The molecule has 5 aromatic rings. The fourth-order valence-corrected chi connectivity index (χ4v) is 5.08. The monoisotopic (exact) mass is 519 g/mol. The molecule has 38 heavy (non-hydrogen) atoms. The molecule has 6 nitrogen and oxygen atoms in total. The molecule has 2 heterocycles. The summed E-state index contributed by atoms with van der Waals surface area (Å²) in [5.41, 5.74) is 3.80. The number of carbonyl (C=O) groups is 3. The van der Waals surface area contributed by atoms with E-state index in [0.717, 1.165) is 32.3 Å². The lowest BCUT2D eigenvalue weighted by Crippen LogP contribution is -2.54. The highest BCUT2D eigenvalue weighted by Crippen LogP contribution is 2.30. The maximum Gasteiger partial charge on any atom is 0.335 e. The van der Waals surface area contributed by atoms with Crippen molar-refractivity contribution in [2.75, 3.05) is 4.90 Å². The number of aryl methyl sites for hydroxylation is 1. The molecule has 0 radical (unpaired) electrons. The number of rotatable bonds is 4. The molecule has 6 rings (SSSR count). The van der Waals surface area contributed by atoms with E-state index < -0.39 is 17.8 Å². The second-order valence-corrected chi connectivity index (χ2v) is 9.67. The zero-order valence-electron chi connectivity index (χ0n) is 20.4. The van der Waals surface area contributed by atoms with Gasteiger partial charge in [-0.15, -0.1) is 0 Å². The van der Waals surface area contributed by atoms with E-state index in [1.807, 2.05) is 55.6 Å². The van der Waals surface area contributed by atoms with Crippen molar-refractivity contribution >= 4 is 62.9 Å². The fourth-order valence-electron chi connectivity index (χ4n) is 4.90. The molecular formula is C31H22ClN3O3. The Bertz CT molecular complexity index is 1810. The zero-order valence-corrected chi connectivity index (χ0v) is 21.2. The molecule has 0 aliphatic carbocycles. The molecule has 1 aliphatic rings. The number of anilines is 1. The minimum Gasteiger partial charge on any atom is -0.342 e. The molecule has 1 fully saturated rings. The summed E-state index contributed by atoms with van der Waals surface area (Å²) >= 11 is 6.24. The Morgan fingerprint density at radius 1 is 0.868 bits per heavy atom. The Kier molecular flexibility index (Phi) is 5.81. The molecule has 1 aromatic heterocycles. The number of fused-ring (bicyclic) bond motifs is 2. The molecule has 1 aliphatic heterocycles. The normalized spacial score (nSPS) is 15.1. The van der Waals surface area contributed by atoms with E-state index in [2.05, 4.69) is 34.1 Å². The van der Waals surface area contributed by atoms with Crippen LogP contribution in [-0.2, 0) is 16.1 Å². The van der Waals surface area contributed by atoms with Crippen LogP contribution in [0.2, 0.25) is 5.02 Å². The van der Waals surface area contributed by atoms with Crippen molar-refractivity contribution in [3.63, 3.8) is 0 Å². The number of benzene rings is 4. The highest BCUT2D eigenvalue weighted by molar-refractivity contribution is 6.39. The van der Waals surface area contributed by atoms with E-state index in [0.29, 0.717) is 22.8 Å². The van der Waals surface area contributed by atoms with Crippen LogP contribution < -0.4 is 10.2 Å². The summed E-state index contributed by atoms with van der Waals surface area (Å²) in [4.78, 5) is 39.8. The van der Waals surface area contributed by atoms with Crippen LogP contribution >= 0.6 is 11.6 Å². The van der Waals surface area contributed by atoms with E-state index in [1.165, 1.54) is 11.5 Å². The van der Waals surface area contributed by atoms with Gasteiger partial charge in [0.25, 0.3) is 11.8 Å². The van der Waals surface area contributed by atoms with Gasteiger partial charge in [-0.1, -0.05) is 78.3 Å². The first-order chi connectivity index (χ1) is 18.4. The number of aromatic nitrogens is 1. The fraction of sp³-hybridized carbons (Fsp3) is 0.0645. The average molecular weight is 520 g/mol. The number of halogens is 1. The Hall–Kier alpha value is -4.68. The largest absolute Gasteiger partial charge is 0.342 e. The molecule has 186 valence electrons. The number of barbiturate groups is 1. The number of hydrogen-bond donors (Lipinski definition) is 1. The molecule has 0 atom stereocenters. The van der Waals surface area contributed by atoms with Crippen molar-refractivity contribution in [2.45, 2.75) is 13.5 Å². The van der Waals surface area contributed by atoms with Crippen molar-refractivity contribution in [3.05, 3.63) is 118 Å². The highest BCUT2D eigenvalue weighted by atomic mass is 35.5. The molecule has 1 N–H and O–H groups in total. The summed E-state index contributed by atoms with van der Waals surface area (Å²) in [5, 5.41) is 5.92. The van der Waals surface area contributed by atoms with Crippen molar-refractivity contribution in [1.82, 2.24) is 9.88 Å². The van der Waals surface area contributed by atoms with Crippen molar-refractivity contribution in [3.8, 4) is 0 Å². The van der Waals surface area contributed by atoms with Crippen LogP contribution in [0, 0.1) is 6.92 Å². The lowest BCUT2D eigenvalue weighted by molar-refractivity contribution is -0.122. The van der Waals surface area contributed by atoms with Crippen molar-refractivity contribution < 1.29 is 14.4 Å². The summed E-state index contributed by atoms with van der Waals surface area (Å²) in [6.07, 6.45) is 3.48.